The van der Waals surface area contributed by atoms with Gasteiger partial charge in [-0.15, -0.1) is 11.3 Å². The van der Waals surface area contributed by atoms with Gasteiger partial charge in [0.2, 0.25) is 11.8 Å². The van der Waals surface area contributed by atoms with Crippen molar-refractivity contribution in [2.75, 3.05) is 0 Å². The standard InChI is InChI=1S/C21H20F6N4O2S.C6H10F2/c22-20(23,24)7-5-13-2-4-16(34-13)19(33)29-11-17-30-14-3-1-12(9-15(14)31-17)10-28-18(32)6-8-21(25,26)27;7-6(8)4-2-1-3-5-6/h1-4,9H,5-8,10-11H2,(H,28,32)(H,29,33)(H,30,31);1-5H2. The Kier molecular flexibility index (Phi) is 11.3. The number of aromatic amines is 1. The molecule has 1 aromatic carbocycles. The summed E-state index contributed by atoms with van der Waals surface area (Å²) >= 11 is 0.997. The number of carbonyl (C=O) groups excluding carboxylic acids is 2. The van der Waals surface area contributed by atoms with Crippen molar-refractivity contribution in [3.63, 3.8) is 0 Å². The number of amides is 2. The van der Waals surface area contributed by atoms with Crippen molar-refractivity contribution in [3.8, 4) is 0 Å². The molecule has 0 saturated heterocycles. The Hall–Kier alpha value is -3.23. The molecule has 0 unspecified atom stereocenters. The van der Waals surface area contributed by atoms with E-state index in [9.17, 15) is 44.7 Å². The Morgan fingerprint density at radius 1 is 0.905 bits per heavy atom. The van der Waals surface area contributed by atoms with Crippen molar-refractivity contribution in [1.82, 2.24) is 20.6 Å². The zero-order chi connectivity index (χ0) is 31.0. The van der Waals surface area contributed by atoms with Gasteiger partial charge >= 0.3 is 12.4 Å². The average Bonchev–Trinajstić information content (AvgIpc) is 3.54. The lowest BCUT2D eigenvalue weighted by Crippen LogP contribution is -2.24. The van der Waals surface area contributed by atoms with Gasteiger partial charge in [0.1, 0.15) is 5.82 Å². The van der Waals surface area contributed by atoms with Crippen LogP contribution in [0.2, 0.25) is 0 Å². The van der Waals surface area contributed by atoms with Crippen LogP contribution in [0.4, 0.5) is 35.1 Å². The van der Waals surface area contributed by atoms with Crippen molar-refractivity contribution in [3.05, 3.63) is 51.5 Å². The van der Waals surface area contributed by atoms with Gasteiger partial charge in [-0.3, -0.25) is 9.59 Å². The molecule has 0 radical (unpaired) electrons. The summed E-state index contributed by atoms with van der Waals surface area (Å²) in [6, 6.07) is 7.99. The molecule has 3 N–H and O–H groups in total. The number of halogens is 8. The SMILES string of the molecule is FC1(F)CCCCC1.O=C(CCC(F)(F)F)NCc1ccc2nc(CNC(=O)c3ccc(CCC(F)(F)F)s3)[nH]c2c1. The lowest BCUT2D eigenvalue weighted by Gasteiger charge is -2.20. The summed E-state index contributed by atoms with van der Waals surface area (Å²) in [7, 11) is 0. The Morgan fingerprint density at radius 2 is 1.60 bits per heavy atom. The summed E-state index contributed by atoms with van der Waals surface area (Å²) in [5.74, 6) is -3.03. The summed E-state index contributed by atoms with van der Waals surface area (Å²) in [4.78, 5) is 31.9. The van der Waals surface area contributed by atoms with Gasteiger partial charge in [0.25, 0.3) is 5.91 Å². The second-order valence-corrected chi connectivity index (χ2v) is 11.1. The van der Waals surface area contributed by atoms with Crippen LogP contribution in [0.5, 0.6) is 0 Å². The molecule has 0 bridgehead atoms. The molecule has 6 nitrogen and oxygen atoms in total. The third kappa shape index (κ3) is 11.9. The zero-order valence-corrected chi connectivity index (χ0v) is 23.2. The monoisotopic (exact) mass is 626 g/mol. The molecule has 4 rings (SSSR count). The third-order valence-electron chi connectivity index (χ3n) is 6.26. The predicted molar refractivity (Wildman–Crippen MR) is 141 cm³/mol. The highest BCUT2D eigenvalue weighted by atomic mass is 32.1. The fraction of sp³-hybridized carbons (Fsp3) is 0.519. The maximum atomic E-state index is 12.3. The molecule has 1 aliphatic rings. The van der Waals surface area contributed by atoms with Gasteiger partial charge in [-0.2, -0.15) is 26.3 Å². The second-order valence-electron chi connectivity index (χ2n) is 9.91. The minimum Gasteiger partial charge on any atom is -0.352 e. The number of aryl methyl sites for hydroxylation is 1. The number of benzene rings is 1. The highest BCUT2D eigenvalue weighted by Gasteiger charge is 2.30. The molecule has 1 aliphatic carbocycles. The van der Waals surface area contributed by atoms with Crippen LogP contribution < -0.4 is 10.6 Å². The van der Waals surface area contributed by atoms with E-state index in [0.29, 0.717) is 40.1 Å². The molecule has 0 aliphatic heterocycles. The number of aromatic nitrogens is 2. The topological polar surface area (TPSA) is 86.9 Å². The van der Waals surface area contributed by atoms with Gasteiger partial charge in [0, 0.05) is 37.1 Å². The Bertz CT molecular complexity index is 1330. The molecule has 2 heterocycles. The molecule has 42 heavy (non-hydrogen) atoms. The summed E-state index contributed by atoms with van der Waals surface area (Å²) in [6.07, 6.45) is -8.96. The molecule has 2 amide bonds. The van der Waals surface area contributed by atoms with Crippen LogP contribution >= 0.6 is 11.3 Å². The number of fused-ring (bicyclic) bond motifs is 1. The summed E-state index contributed by atoms with van der Waals surface area (Å²) in [6.45, 7) is 0.0968. The van der Waals surface area contributed by atoms with Crippen LogP contribution in [-0.2, 0) is 24.3 Å². The minimum absolute atomic E-state index is 0.0484. The number of thiophene rings is 1. The first-order valence-corrected chi connectivity index (χ1v) is 14.0. The molecule has 0 atom stereocenters. The molecule has 0 spiro atoms. The number of carbonyl (C=O) groups is 2. The van der Waals surface area contributed by atoms with E-state index in [1.165, 1.54) is 12.1 Å². The van der Waals surface area contributed by atoms with Gasteiger partial charge in [0.15, 0.2) is 0 Å². The quantitative estimate of drug-likeness (QED) is 0.214. The summed E-state index contributed by atoms with van der Waals surface area (Å²) < 4.78 is 98.0. The number of nitrogens with one attached hydrogen (secondary N) is 3. The van der Waals surface area contributed by atoms with Gasteiger partial charge in [0.05, 0.1) is 28.9 Å². The van der Waals surface area contributed by atoms with Crippen LogP contribution in [0, 0.1) is 0 Å². The first kappa shape index (κ1) is 33.3. The first-order valence-electron chi connectivity index (χ1n) is 13.2. The average molecular weight is 627 g/mol. The van der Waals surface area contributed by atoms with Crippen molar-refractivity contribution in [2.24, 2.45) is 0 Å². The van der Waals surface area contributed by atoms with Crippen LogP contribution in [0.1, 0.15) is 77.3 Å². The Labute approximate surface area is 240 Å². The van der Waals surface area contributed by atoms with E-state index in [2.05, 4.69) is 20.6 Å². The van der Waals surface area contributed by atoms with E-state index in [-0.39, 0.29) is 37.2 Å². The number of rotatable bonds is 9. The number of nitrogens with zero attached hydrogens (tertiary/aromatic N) is 1. The van der Waals surface area contributed by atoms with Gasteiger partial charge in [-0.25, -0.2) is 13.8 Å². The predicted octanol–water partition coefficient (Wildman–Crippen LogP) is 7.59. The lowest BCUT2D eigenvalue weighted by molar-refractivity contribution is -0.144. The van der Waals surface area contributed by atoms with E-state index in [1.54, 1.807) is 18.2 Å². The molecule has 2 aromatic heterocycles. The third-order valence-corrected chi connectivity index (χ3v) is 7.41. The number of imidazole rings is 1. The molecular weight excluding hydrogens is 596 g/mol. The number of alkyl halides is 8. The van der Waals surface area contributed by atoms with Crippen molar-refractivity contribution in [2.45, 2.75) is 89.2 Å². The second kappa shape index (κ2) is 14.3. The molecule has 232 valence electrons. The zero-order valence-electron chi connectivity index (χ0n) is 22.4. The molecule has 1 fully saturated rings. The van der Waals surface area contributed by atoms with Crippen LogP contribution in [-0.4, -0.2) is 40.1 Å². The maximum absolute atomic E-state index is 12.3. The molecule has 15 heteroatoms. The number of hydrogen-bond donors (Lipinski definition) is 3. The number of H-pyrrole nitrogens is 1. The molecule has 3 aromatic rings. The van der Waals surface area contributed by atoms with E-state index in [0.717, 1.165) is 17.8 Å². The summed E-state index contributed by atoms with van der Waals surface area (Å²) in [5, 5.41) is 5.08. The minimum atomic E-state index is -4.39. The smallest absolute Gasteiger partial charge is 0.352 e. The van der Waals surface area contributed by atoms with Gasteiger partial charge in [-0.05, 0) is 49.1 Å². The van der Waals surface area contributed by atoms with Crippen LogP contribution in [0.15, 0.2) is 30.3 Å². The van der Waals surface area contributed by atoms with Crippen molar-refractivity contribution >= 4 is 34.2 Å². The fourth-order valence-corrected chi connectivity index (χ4v) is 4.99. The highest BCUT2D eigenvalue weighted by Crippen LogP contribution is 2.32. The van der Waals surface area contributed by atoms with E-state index in [1.807, 2.05) is 0 Å². The fourth-order valence-electron chi connectivity index (χ4n) is 4.07. The Morgan fingerprint density at radius 3 is 2.21 bits per heavy atom. The van der Waals surface area contributed by atoms with E-state index >= 15 is 0 Å². The van der Waals surface area contributed by atoms with E-state index < -0.39 is 49.4 Å². The Balaban J connectivity index is 0.000000521. The first-order chi connectivity index (χ1) is 19.6. The van der Waals surface area contributed by atoms with Gasteiger partial charge in [-0.1, -0.05) is 12.5 Å². The van der Waals surface area contributed by atoms with Crippen LogP contribution in [0.25, 0.3) is 11.0 Å². The maximum Gasteiger partial charge on any atom is 0.389 e. The number of hydrogen-bond acceptors (Lipinski definition) is 4. The van der Waals surface area contributed by atoms with E-state index in [4.69, 9.17) is 0 Å². The van der Waals surface area contributed by atoms with Crippen molar-refractivity contribution < 1.29 is 44.7 Å². The largest absolute Gasteiger partial charge is 0.389 e. The lowest BCUT2D eigenvalue weighted by atomic mass is 9.97. The van der Waals surface area contributed by atoms with Gasteiger partial charge < -0.3 is 15.6 Å². The molecule has 1 saturated carbocycles. The summed E-state index contributed by atoms with van der Waals surface area (Å²) in [5.41, 5.74) is 1.84. The highest BCUT2D eigenvalue weighted by molar-refractivity contribution is 7.14. The normalized spacial score (nSPS) is 15.1. The van der Waals surface area contributed by atoms with Crippen LogP contribution in [0.3, 0.4) is 0 Å². The molecular formula is C27H30F8N4O2S. The van der Waals surface area contributed by atoms with Crippen molar-refractivity contribution in [1.29, 1.82) is 0 Å².